The van der Waals surface area contributed by atoms with Gasteiger partial charge in [-0.15, -0.1) is 0 Å². The van der Waals surface area contributed by atoms with Crippen molar-refractivity contribution < 1.29 is 18.3 Å². The number of aliphatic hydroxyl groups is 1. The SMILES string of the molecule is CCCn1cc(C(C)(O)C(F)(F)F)c2cc3c(cc21)CN(C)C3. The molecule has 126 valence electrons. The van der Waals surface area contributed by atoms with E-state index in [4.69, 9.17) is 0 Å². The fourth-order valence-corrected chi connectivity index (χ4v) is 3.32. The molecule has 2 heterocycles. The Morgan fingerprint density at radius 2 is 1.78 bits per heavy atom. The first-order valence-corrected chi connectivity index (χ1v) is 7.78. The zero-order valence-corrected chi connectivity index (χ0v) is 13.5. The number of nitrogens with zero attached hydrogens (tertiary/aromatic N) is 2. The van der Waals surface area contributed by atoms with Crippen LogP contribution in [0.2, 0.25) is 0 Å². The Labute approximate surface area is 133 Å². The summed E-state index contributed by atoms with van der Waals surface area (Å²) in [6, 6.07) is 3.79. The molecule has 2 aromatic rings. The van der Waals surface area contributed by atoms with Crippen LogP contribution in [0.25, 0.3) is 10.9 Å². The first kappa shape index (κ1) is 16.3. The van der Waals surface area contributed by atoms with Crippen molar-refractivity contribution in [3.05, 3.63) is 35.0 Å². The molecule has 1 atom stereocenters. The predicted molar refractivity (Wildman–Crippen MR) is 83.0 cm³/mol. The summed E-state index contributed by atoms with van der Waals surface area (Å²) in [5.41, 5.74) is 0.0246. The van der Waals surface area contributed by atoms with E-state index in [1.807, 2.05) is 30.7 Å². The van der Waals surface area contributed by atoms with Crippen LogP contribution in [0, 0.1) is 0 Å². The van der Waals surface area contributed by atoms with Gasteiger partial charge in [-0.05, 0) is 43.7 Å². The van der Waals surface area contributed by atoms with Gasteiger partial charge >= 0.3 is 6.18 Å². The highest BCUT2D eigenvalue weighted by atomic mass is 19.4. The Kier molecular flexibility index (Phi) is 3.72. The molecule has 1 aliphatic rings. The number of hydrogen-bond donors (Lipinski definition) is 1. The second-order valence-electron chi connectivity index (χ2n) is 6.62. The lowest BCUT2D eigenvalue weighted by molar-refractivity contribution is -0.258. The van der Waals surface area contributed by atoms with Gasteiger partial charge in [-0.25, -0.2) is 0 Å². The number of alkyl halides is 3. The molecule has 1 aliphatic heterocycles. The molecule has 0 saturated heterocycles. The van der Waals surface area contributed by atoms with Gasteiger partial charge in [-0.1, -0.05) is 6.92 Å². The molecular formula is C17H21F3N2O. The first-order valence-electron chi connectivity index (χ1n) is 7.78. The zero-order valence-electron chi connectivity index (χ0n) is 13.5. The predicted octanol–water partition coefficient (Wildman–Crippen LogP) is 3.77. The third-order valence-electron chi connectivity index (χ3n) is 4.62. The highest BCUT2D eigenvalue weighted by molar-refractivity contribution is 5.87. The second-order valence-corrected chi connectivity index (χ2v) is 6.62. The first-order chi connectivity index (χ1) is 10.6. The minimum atomic E-state index is -4.71. The van der Waals surface area contributed by atoms with Gasteiger partial charge in [0.2, 0.25) is 0 Å². The topological polar surface area (TPSA) is 28.4 Å². The van der Waals surface area contributed by atoms with E-state index in [-0.39, 0.29) is 5.56 Å². The molecule has 1 aromatic heterocycles. The number of hydrogen-bond acceptors (Lipinski definition) is 2. The van der Waals surface area contributed by atoms with Crippen LogP contribution in [-0.2, 0) is 25.2 Å². The largest absolute Gasteiger partial charge is 0.421 e. The Balaban J connectivity index is 2.25. The summed E-state index contributed by atoms with van der Waals surface area (Å²) in [7, 11) is 1.98. The van der Waals surface area contributed by atoms with E-state index in [1.54, 1.807) is 0 Å². The van der Waals surface area contributed by atoms with Crippen LogP contribution in [-0.4, -0.2) is 27.8 Å². The molecule has 1 unspecified atom stereocenters. The van der Waals surface area contributed by atoms with Gasteiger partial charge in [0, 0.05) is 42.3 Å². The van der Waals surface area contributed by atoms with Crippen LogP contribution in [0.15, 0.2) is 18.3 Å². The highest BCUT2D eigenvalue weighted by Gasteiger charge is 2.52. The van der Waals surface area contributed by atoms with Crippen LogP contribution in [0.5, 0.6) is 0 Å². The van der Waals surface area contributed by atoms with Crippen molar-refractivity contribution in [1.29, 1.82) is 0 Å². The van der Waals surface area contributed by atoms with Gasteiger partial charge in [0.05, 0.1) is 0 Å². The van der Waals surface area contributed by atoms with Gasteiger partial charge in [0.25, 0.3) is 0 Å². The van der Waals surface area contributed by atoms with E-state index >= 15 is 0 Å². The summed E-state index contributed by atoms with van der Waals surface area (Å²) in [5.74, 6) is 0. The normalized spacial score (nSPS) is 18.4. The lowest BCUT2D eigenvalue weighted by Gasteiger charge is -2.26. The van der Waals surface area contributed by atoms with Crippen LogP contribution in [0.4, 0.5) is 13.2 Å². The van der Waals surface area contributed by atoms with Crippen LogP contribution < -0.4 is 0 Å². The lowest BCUT2D eigenvalue weighted by atomic mass is 9.93. The maximum absolute atomic E-state index is 13.3. The fourth-order valence-electron chi connectivity index (χ4n) is 3.32. The minimum absolute atomic E-state index is 0.0641. The maximum Gasteiger partial charge on any atom is 0.421 e. The molecule has 0 spiro atoms. The monoisotopic (exact) mass is 326 g/mol. The zero-order chi connectivity index (χ0) is 17.0. The molecular weight excluding hydrogens is 305 g/mol. The summed E-state index contributed by atoms with van der Waals surface area (Å²) in [6.45, 7) is 4.95. The second kappa shape index (κ2) is 5.24. The van der Waals surface area contributed by atoms with Gasteiger partial charge in [-0.3, -0.25) is 4.90 Å². The molecule has 0 bridgehead atoms. The third-order valence-corrected chi connectivity index (χ3v) is 4.62. The molecule has 1 N–H and O–H groups in total. The molecule has 3 nitrogen and oxygen atoms in total. The average molecular weight is 326 g/mol. The number of benzene rings is 1. The van der Waals surface area contributed by atoms with E-state index in [0.717, 1.165) is 43.1 Å². The van der Waals surface area contributed by atoms with E-state index in [2.05, 4.69) is 4.90 Å². The minimum Gasteiger partial charge on any atom is -0.376 e. The molecule has 3 rings (SSSR count). The summed E-state index contributed by atoms with van der Waals surface area (Å²) >= 11 is 0. The number of rotatable bonds is 3. The van der Waals surface area contributed by atoms with Gasteiger partial charge in [-0.2, -0.15) is 13.2 Å². The van der Waals surface area contributed by atoms with Crippen molar-refractivity contribution in [3.8, 4) is 0 Å². The van der Waals surface area contributed by atoms with E-state index in [1.165, 1.54) is 6.20 Å². The quantitative estimate of drug-likeness (QED) is 0.930. The van der Waals surface area contributed by atoms with Gasteiger partial charge in [0.1, 0.15) is 0 Å². The summed E-state index contributed by atoms with van der Waals surface area (Å²) in [4.78, 5) is 2.12. The third kappa shape index (κ3) is 2.54. The van der Waals surface area contributed by atoms with E-state index in [9.17, 15) is 18.3 Å². The fraction of sp³-hybridized carbons (Fsp3) is 0.529. The molecule has 1 aromatic carbocycles. The number of aryl methyl sites for hydroxylation is 1. The van der Waals surface area contributed by atoms with Crippen LogP contribution in [0.1, 0.15) is 37.0 Å². The average Bonchev–Trinajstić information content (AvgIpc) is 2.95. The Bertz CT molecular complexity index is 746. The Hall–Kier alpha value is -1.53. The van der Waals surface area contributed by atoms with Crippen molar-refractivity contribution in [2.75, 3.05) is 7.05 Å². The number of fused-ring (bicyclic) bond motifs is 2. The van der Waals surface area contributed by atoms with E-state index < -0.39 is 11.8 Å². The molecule has 0 aliphatic carbocycles. The van der Waals surface area contributed by atoms with Crippen molar-refractivity contribution in [1.82, 2.24) is 9.47 Å². The van der Waals surface area contributed by atoms with Crippen molar-refractivity contribution in [2.24, 2.45) is 0 Å². The van der Waals surface area contributed by atoms with Crippen molar-refractivity contribution in [2.45, 2.75) is 51.7 Å². The van der Waals surface area contributed by atoms with Gasteiger partial charge in [0.15, 0.2) is 5.60 Å². The molecule has 6 heteroatoms. The van der Waals surface area contributed by atoms with Crippen LogP contribution in [0.3, 0.4) is 0 Å². The van der Waals surface area contributed by atoms with Crippen LogP contribution >= 0.6 is 0 Å². The van der Waals surface area contributed by atoms with E-state index in [0.29, 0.717) is 11.9 Å². The van der Waals surface area contributed by atoms with Crippen molar-refractivity contribution >= 4 is 10.9 Å². The molecule has 23 heavy (non-hydrogen) atoms. The summed E-state index contributed by atoms with van der Waals surface area (Å²) < 4.78 is 41.8. The highest BCUT2D eigenvalue weighted by Crippen LogP contribution is 2.43. The maximum atomic E-state index is 13.3. The smallest absolute Gasteiger partial charge is 0.376 e. The summed E-state index contributed by atoms with van der Waals surface area (Å²) in [5, 5.41) is 10.6. The van der Waals surface area contributed by atoms with Gasteiger partial charge < -0.3 is 9.67 Å². The number of aromatic nitrogens is 1. The Morgan fingerprint density at radius 1 is 1.17 bits per heavy atom. The Morgan fingerprint density at radius 3 is 2.35 bits per heavy atom. The lowest BCUT2D eigenvalue weighted by Crippen LogP contribution is -2.39. The summed E-state index contributed by atoms with van der Waals surface area (Å²) in [6.07, 6.45) is -2.44. The number of halogens is 3. The standard InChI is InChI=1S/C17H21F3N2O/c1-4-5-22-10-14(16(2,23)17(18,19)20)13-6-11-8-21(3)9-12(11)7-15(13)22/h6-7,10,23H,4-5,8-9H2,1-3H3. The molecule has 0 radical (unpaired) electrons. The van der Waals surface area contributed by atoms with Crippen molar-refractivity contribution in [3.63, 3.8) is 0 Å². The molecule has 0 fully saturated rings. The molecule has 0 amide bonds. The molecule has 0 saturated carbocycles.